The molecule has 11 heteroatoms. The number of amides is 1. The van der Waals surface area contributed by atoms with Crippen LogP contribution in [0, 0.1) is 0 Å². The number of rotatable bonds is 17. The highest BCUT2D eigenvalue weighted by Crippen LogP contribution is 2.35. The monoisotopic (exact) mass is 528 g/mol. The van der Waals surface area contributed by atoms with Gasteiger partial charge in [0.2, 0.25) is 0 Å². The molecule has 2 aromatic carbocycles. The smallest absolute Gasteiger partial charge is 0.251 e. The molecule has 1 aromatic heterocycles. The van der Waals surface area contributed by atoms with Crippen molar-refractivity contribution >= 4 is 28.3 Å². The van der Waals surface area contributed by atoms with Gasteiger partial charge in [0.25, 0.3) is 5.91 Å². The Kier molecular flexibility index (Phi) is 12.0. The number of fused-ring (bicyclic) bond motifs is 1. The van der Waals surface area contributed by atoms with Crippen LogP contribution in [0.1, 0.15) is 24.2 Å². The van der Waals surface area contributed by atoms with Crippen molar-refractivity contribution in [3.63, 3.8) is 0 Å². The first-order valence-electron chi connectivity index (χ1n) is 12.5. The molecule has 0 fully saturated rings. The second-order valence-electron chi connectivity index (χ2n) is 7.98. The largest absolute Gasteiger partial charge is 0.487 e. The van der Waals surface area contributed by atoms with Crippen LogP contribution in [0.15, 0.2) is 42.7 Å². The summed E-state index contributed by atoms with van der Waals surface area (Å²) < 4.78 is 32.9. The summed E-state index contributed by atoms with van der Waals surface area (Å²) in [7, 11) is 3.22. The van der Waals surface area contributed by atoms with Crippen molar-refractivity contribution in [1.29, 1.82) is 0 Å². The Morgan fingerprint density at radius 3 is 2.24 bits per heavy atom. The molecule has 0 spiro atoms. The summed E-state index contributed by atoms with van der Waals surface area (Å²) in [6, 6.07) is 10.8. The number of hydrogen-bond donors (Lipinski definition) is 2. The number of ether oxygens (including phenoxy) is 6. The number of aromatic nitrogens is 2. The van der Waals surface area contributed by atoms with Crippen molar-refractivity contribution in [2.75, 3.05) is 65.7 Å². The fourth-order valence-electron chi connectivity index (χ4n) is 3.55. The maximum Gasteiger partial charge on any atom is 0.251 e. The van der Waals surface area contributed by atoms with Gasteiger partial charge in [-0.15, -0.1) is 0 Å². The molecule has 0 atom stereocenters. The molecule has 206 valence electrons. The van der Waals surface area contributed by atoms with E-state index in [2.05, 4.69) is 20.6 Å². The maximum atomic E-state index is 12.8. The first kappa shape index (κ1) is 29.1. The van der Waals surface area contributed by atoms with Gasteiger partial charge in [0.05, 0.1) is 25.3 Å². The Hall–Kier alpha value is -3.51. The zero-order valence-corrected chi connectivity index (χ0v) is 22.3. The summed E-state index contributed by atoms with van der Waals surface area (Å²) in [6.07, 6.45) is 0.971. The second-order valence-corrected chi connectivity index (χ2v) is 7.98. The SMILES string of the molecule is CCOC(CNC(=O)c1cccc(Nc2ncnc3cc(OCCOC)c(OCCOC)cc23)c1)OCC. The lowest BCUT2D eigenvalue weighted by molar-refractivity contribution is -0.131. The molecule has 0 saturated heterocycles. The van der Waals surface area contributed by atoms with Crippen LogP contribution in [0.4, 0.5) is 11.5 Å². The quantitative estimate of drug-likeness (QED) is 0.199. The van der Waals surface area contributed by atoms with E-state index in [1.165, 1.54) is 6.33 Å². The van der Waals surface area contributed by atoms with E-state index in [1.807, 2.05) is 26.0 Å². The average Bonchev–Trinajstić information content (AvgIpc) is 2.92. The van der Waals surface area contributed by atoms with Gasteiger partial charge in [-0.25, -0.2) is 9.97 Å². The van der Waals surface area contributed by atoms with Crippen molar-refractivity contribution in [1.82, 2.24) is 15.3 Å². The van der Waals surface area contributed by atoms with Crippen LogP contribution < -0.4 is 20.1 Å². The Morgan fingerprint density at radius 2 is 1.58 bits per heavy atom. The van der Waals surface area contributed by atoms with Gasteiger partial charge in [-0.3, -0.25) is 4.79 Å². The molecule has 0 unspecified atom stereocenters. The molecule has 0 aliphatic rings. The highest BCUT2D eigenvalue weighted by Gasteiger charge is 2.15. The number of nitrogens with one attached hydrogen (secondary N) is 2. The van der Waals surface area contributed by atoms with Crippen molar-refractivity contribution < 1.29 is 33.2 Å². The molecular formula is C27H36N4O7. The minimum atomic E-state index is -0.494. The predicted octanol–water partition coefficient (Wildman–Crippen LogP) is 3.55. The molecule has 1 heterocycles. The fraction of sp³-hybridized carbons (Fsp3) is 0.444. The van der Waals surface area contributed by atoms with Crippen molar-refractivity contribution in [3.05, 3.63) is 48.3 Å². The summed E-state index contributed by atoms with van der Waals surface area (Å²) in [6.45, 7) is 6.57. The molecule has 0 bridgehead atoms. The Morgan fingerprint density at radius 1 is 0.895 bits per heavy atom. The van der Waals surface area contributed by atoms with Crippen molar-refractivity contribution in [3.8, 4) is 11.5 Å². The summed E-state index contributed by atoms with van der Waals surface area (Å²) in [4.78, 5) is 21.6. The fourth-order valence-corrected chi connectivity index (χ4v) is 3.55. The molecule has 3 rings (SSSR count). The van der Waals surface area contributed by atoms with Crippen LogP contribution in [0.25, 0.3) is 10.9 Å². The third-order valence-corrected chi connectivity index (χ3v) is 5.31. The molecule has 3 aromatic rings. The number of benzene rings is 2. The number of carbonyl (C=O) groups is 1. The Balaban J connectivity index is 1.80. The first-order valence-corrected chi connectivity index (χ1v) is 12.5. The van der Waals surface area contributed by atoms with Crippen LogP contribution >= 0.6 is 0 Å². The van der Waals surface area contributed by atoms with E-state index < -0.39 is 6.29 Å². The lowest BCUT2D eigenvalue weighted by Crippen LogP contribution is -2.35. The zero-order valence-electron chi connectivity index (χ0n) is 22.3. The minimum absolute atomic E-state index is 0.239. The number of carbonyl (C=O) groups excluding carboxylic acids is 1. The van der Waals surface area contributed by atoms with E-state index in [0.717, 1.165) is 5.39 Å². The number of anilines is 2. The molecular weight excluding hydrogens is 492 g/mol. The third kappa shape index (κ3) is 8.52. The molecule has 0 aliphatic heterocycles. The van der Waals surface area contributed by atoms with E-state index in [0.29, 0.717) is 73.7 Å². The lowest BCUT2D eigenvalue weighted by atomic mass is 10.1. The van der Waals surface area contributed by atoms with E-state index in [-0.39, 0.29) is 12.5 Å². The van der Waals surface area contributed by atoms with Crippen LogP contribution in [-0.2, 0) is 18.9 Å². The molecule has 38 heavy (non-hydrogen) atoms. The maximum absolute atomic E-state index is 12.8. The van der Waals surface area contributed by atoms with Gasteiger partial charge in [0, 0.05) is 50.1 Å². The first-order chi connectivity index (χ1) is 18.6. The Labute approximate surface area is 222 Å². The van der Waals surface area contributed by atoms with Crippen molar-refractivity contribution in [2.45, 2.75) is 20.1 Å². The predicted molar refractivity (Wildman–Crippen MR) is 143 cm³/mol. The van der Waals surface area contributed by atoms with Crippen LogP contribution in [0.3, 0.4) is 0 Å². The molecule has 0 saturated carbocycles. The van der Waals surface area contributed by atoms with Gasteiger partial charge >= 0.3 is 0 Å². The number of methoxy groups -OCH3 is 2. The van der Waals surface area contributed by atoms with E-state index >= 15 is 0 Å². The lowest BCUT2D eigenvalue weighted by Gasteiger charge is -2.17. The summed E-state index contributed by atoms with van der Waals surface area (Å²) in [5, 5.41) is 6.88. The minimum Gasteiger partial charge on any atom is -0.487 e. The van der Waals surface area contributed by atoms with Gasteiger partial charge in [-0.2, -0.15) is 0 Å². The van der Waals surface area contributed by atoms with Gasteiger partial charge in [0.1, 0.15) is 25.4 Å². The second kappa shape index (κ2) is 15.7. The van der Waals surface area contributed by atoms with Crippen LogP contribution in [0.2, 0.25) is 0 Å². The summed E-state index contributed by atoms with van der Waals surface area (Å²) in [5.74, 6) is 1.40. The van der Waals surface area contributed by atoms with Gasteiger partial charge in [-0.1, -0.05) is 6.07 Å². The number of hydrogen-bond acceptors (Lipinski definition) is 10. The van der Waals surface area contributed by atoms with Crippen LogP contribution in [0.5, 0.6) is 11.5 Å². The van der Waals surface area contributed by atoms with E-state index in [1.54, 1.807) is 38.5 Å². The average molecular weight is 529 g/mol. The van der Waals surface area contributed by atoms with Gasteiger partial charge in [0.15, 0.2) is 17.8 Å². The van der Waals surface area contributed by atoms with Crippen molar-refractivity contribution in [2.24, 2.45) is 0 Å². The standard InChI is InChI=1S/C27H36N4O7/c1-5-35-25(36-6-2)17-28-27(32)19-8-7-9-20(14-19)31-26-21-15-23(37-12-10-33-3)24(38-13-11-34-4)16-22(21)29-18-30-26/h7-9,14-16,18,25H,5-6,10-13,17H2,1-4H3,(H,28,32)(H,29,30,31). The summed E-state index contributed by atoms with van der Waals surface area (Å²) in [5.41, 5.74) is 1.84. The normalized spacial score (nSPS) is 11.1. The topological polar surface area (TPSA) is 122 Å². The van der Waals surface area contributed by atoms with Crippen LogP contribution in [-0.4, -0.2) is 82.6 Å². The summed E-state index contributed by atoms with van der Waals surface area (Å²) >= 11 is 0. The molecule has 1 amide bonds. The highest BCUT2D eigenvalue weighted by atomic mass is 16.7. The number of nitrogens with zero attached hydrogens (tertiary/aromatic N) is 2. The zero-order chi connectivity index (χ0) is 27.2. The molecule has 0 radical (unpaired) electrons. The molecule has 2 N–H and O–H groups in total. The molecule has 11 nitrogen and oxygen atoms in total. The van der Waals surface area contributed by atoms with E-state index in [9.17, 15) is 4.79 Å². The molecule has 0 aliphatic carbocycles. The van der Waals surface area contributed by atoms with E-state index in [4.69, 9.17) is 28.4 Å². The van der Waals surface area contributed by atoms with Gasteiger partial charge < -0.3 is 39.1 Å². The highest BCUT2D eigenvalue weighted by molar-refractivity contribution is 5.96. The third-order valence-electron chi connectivity index (χ3n) is 5.31. The van der Waals surface area contributed by atoms with Gasteiger partial charge in [-0.05, 0) is 38.1 Å². The Bertz CT molecular complexity index is 1160.